The lowest BCUT2D eigenvalue weighted by Gasteiger charge is -2.36. The van der Waals surface area contributed by atoms with Crippen molar-refractivity contribution >= 4 is 5.97 Å². The highest BCUT2D eigenvalue weighted by Crippen LogP contribution is 2.36. The molecular weight excluding hydrogens is 268 g/mol. The SMILES string of the molecule is [14CH3]N1[C@@H]2CC[C@H]1CC(OC(=O)C(CO)c1ccccc1)C2. The van der Waals surface area contributed by atoms with Crippen LogP contribution in [0, 0.1) is 0 Å². The van der Waals surface area contributed by atoms with Gasteiger partial charge >= 0.3 is 5.97 Å². The Labute approximate surface area is 125 Å². The van der Waals surface area contributed by atoms with Gasteiger partial charge in [-0.15, -0.1) is 0 Å². The van der Waals surface area contributed by atoms with Crippen molar-refractivity contribution in [2.45, 2.75) is 49.8 Å². The van der Waals surface area contributed by atoms with E-state index in [9.17, 15) is 9.90 Å². The third-order valence-electron chi connectivity index (χ3n) is 5.01. The monoisotopic (exact) mass is 291 g/mol. The summed E-state index contributed by atoms with van der Waals surface area (Å²) in [6.45, 7) is -0.206. The molecule has 2 fully saturated rings. The van der Waals surface area contributed by atoms with E-state index in [1.54, 1.807) is 0 Å². The van der Waals surface area contributed by atoms with Gasteiger partial charge in [0.1, 0.15) is 12.0 Å². The van der Waals surface area contributed by atoms with Crippen LogP contribution in [0.1, 0.15) is 37.2 Å². The molecule has 1 aromatic carbocycles. The predicted molar refractivity (Wildman–Crippen MR) is 80.0 cm³/mol. The molecule has 2 unspecified atom stereocenters. The highest BCUT2D eigenvalue weighted by molar-refractivity contribution is 5.78. The van der Waals surface area contributed by atoms with Crippen molar-refractivity contribution in [3.8, 4) is 0 Å². The molecular formula is C17H23NO3. The molecule has 4 atom stereocenters. The molecule has 21 heavy (non-hydrogen) atoms. The van der Waals surface area contributed by atoms with Crippen LogP contribution >= 0.6 is 0 Å². The van der Waals surface area contributed by atoms with Gasteiger partial charge in [-0.25, -0.2) is 0 Å². The molecule has 3 rings (SSSR count). The van der Waals surface area contributed by atoms with Gasteiger partial charge < -0.3 is 14.7 Å². The molecule has 2 heterocycles. The number of esters is 1. The third-order valence-corrected chi connectivity index (χ3v) is 5.01. The van der Waals surface area contributed by atoms with Crippen LogP contribution in [0.2, 0.25) is 0 Å². The summed E-state index contributed by atoms with van der Waals surface area (Å²) in [6, 6.07) is 10.5. The minimum atomic E-state index is -0.566. The van der Waals surface area contributed by atoms with Gasteiger partial charge in [0.2, 0.25) is 0 Å². The second-order valence-electron chi connectivity index (χ2n) is 6.23. The van der Waals surface area contributed by atoms with Crippen LogP contribution in [-0.2, 0) is 9.53 Å². The number of fused-ring (bicyclic) bond motifs is 2. The molecule has 0 aromatic heterocycles. The predicted octanol–water partition coefficient (Wildman–Crippen LogP) is 1.93. The van der Waals surface area contributed by atoms with Crippen LogP contribution < -0.4 is 0 Å². The highest BCUT2D eigenvalue weighted by Gasteiger charge is 2.40. The summed E-state index contributed by atoms with van der Waals surface area (Å²) in [5, 5.41) is 9.53. The van der Waals surface area contributed by atoms with Crippen molar-refractivity contribution in [1.82, 2.24) is 4.90 Å². The van der Waals surface area contributed by atoms with Gasteiger partial charge in [-0.3, -0.25) is 4.79 Å². The maximum absolute atomic E-state index is 12.4. The van der Waals surface area contributed by atoms with Gasteiger partial charge in [0, 0.05) is 12.1 Å². The maximum atomic E-state index is 12.4. The lowest BCUT2D eigenvalue weighted by atomic mass is 9.99. The van der Waals surface area contributed by atoms with Crippen LogP contribution in [0.4, 0.5) is 0 Å². The zero-order valence-electron chi connectivity index (χ0n) is 12.4. The minimum Gasteiger partial charge on any atom is -0.462 e. The topological polar surface area (TPSA) is 49.8 Å². The molecule has 114 valence electrons. The molecule has 4 nitrogen and oxygen atoms in total. The quantitative estimate of drug-likeness (QED) is 0.861. The summed E-state index contributed by atoms with van der Waals surface area (Å²) >= 11 is 0. The summed E-state index contributed by atoms with van der Waals surface area (Å²) in [5.41, 5.74) is 0.820. The minimum absolute atomic E-state index is 0.00367. The summed E-state index contributed by atoms with van der Waals surface area (Å²) in [6.07, 6.45) is 4.26. The van der Waals surface area contributed by atoms with E-state index in [1.165, 1.54) is 12.8 Å². The smallest absolute Gasteiger partial charge is 0.316 e. The number of rotatable bonds is 4. The van der Waals surface area contributed by atoms with Crippen molar-refractivity contribution in [2.24, 2.45) is 0 Å². The highest BCUT2D eigenvalue weighted by atomic mass is 16.5. The molecule has 1 N–H and O–H groups in total. The number of nitrogens with zero attached hydrogens (tertiary/aromatic N) is 1. The van der Waals surface area contributed by atoms with Crippen molar-refractivity contribution < 1.29 is 14.6 Å². The molecule has 2 aliphatic heterocycles. The van der Waals surface area contributed by atoms with E-state index in [1.807, 2.05) is 30.3 Å². The van der Waals surface area contributed by atoms with Crippen molar-refractivity contribution in [3.05, 3.63) is 35.9 Å². The summed E-state index contributed by atoms with van der Waals surface area (Å²) in [7, 11) is 2.17. The second-order valence-corrected chi connectivity index (χ2v) is 6.23. The number of carbonyl (C=O) groups is 1. The maximum Gasteiger partial charge on any atom is 0.316 e. The Balaban J connectivity index is 1.63. The molecule has 0 amide bonds. The molecule has 2 aliphatic rings. The molecule has 2 saturated heterocycles. The average Bonchev–Trinajstić information content (AvgIpc) is 2.72. The van der Waals surface area contributed by atoms with Gasteiger partial charge in [0.25, 0.3) is 0 Å². The van der Waals surface area contributed by atoms with Gasteiger partial charge in [-0.05, 0) is 38.3 Å². The Morgan fingerprint density at radius 2 is 1.90 bits per heavy atom. The molecule has 2 bridgehead atoms. The molecule has 0 aliphatic carbocycles. The zero-order chi connectivity index (χ0) is 14.8. The normalized spacial score (nSPS) is 30.1. The van der Waals surface area contributed by atoms with E-state index in [0.717, 1.165) is 18.4 Å². The van der Waals surface area contributed by atoms with E-state index >= 15 is 0 Å². The number of ether oxygens (including phenoxy) is 1. The first-order chi connectivity index (χ1) is 10.2. The fourth-order valence-corrected chi connectivity index (χ4v) is 3.71. The molecule has 0 saturated carbocycles. The Kier molecular flexibility index (Phi) is 4.27. The van der Waals surface area contributed by atoms with E-state index in [0.29, 0.717) is 12.1 Å². The number of hydrogen-bond donors (Lipinski definition) is 1. The average molecular weight is 291 g/mol. The first-order valence-corrected chi connectivity index (χ1v) is 7.77. The Morgan fingerprint density at radius 3 is 2.48 bits per heavy atom. The number of aliphatic hydroxyl groups is 1. The fourth-order valence-electron chi connectivity index (χ4n) is 3.71. The number of benzene rings is 1. The van der Waals surface area contributed by atoms with Crippen molar-refractivity contribution in [1.29, 1.82) is 0 Å². The van der Waals surface area contributed by atoms with Crippen LogP contribution in [0.25, 0.3) is 0 Å². The molecule has 0 spiro atoms. The van der Waals surface area contributed by atoms with E-state index in [4.69, 9.17) is 4.74 Å². The van der Waals surface area contributed by atoms with Gasteiger partial charge in [0.15, 0.2) is 0 Å². The van der Waals surface area contributed by atoms with Crippen LogP contribution in [0.15, 0.2) is 30.3 Å². The van der Waals surface area contributed by atoms with Gasteiger partial charge in [-0.1, -0.05) is 30.3 Å². The second kappa shape index (κ2) is 6.16. The van der Waals surface area contributed by atoms with E-state index in [-0.39, 0.29) is 18.7 Å². The Hall–Kier alpha value is -1.39. The van der Waals surface area contributed by atoms with E-state index < -0.39 is 5.92 Å². The standard InChI is InChI=1S/C17H23NO3/c1-18-13-7-8-14(18)10-15(9-13)21-17(20)16(11-19)12-5-3-2-4-6-12/h2-6,13-16,19H,7-11H2,1H3/t13-,14+,15?,16?/i1+2. The van der Waals surface area contributed by atoms with Gasteiger partial charge in [-0.2, -0.15) is 0 Å². The lowest BCUT2D eigenvalue weighted by Crippen LogP contribution is -2.43. The largest absolute Gasteiger partial charge is 0.462 e. The zero-order valence-corrected chi connectivity index (χ0v) is 12.4. The number of hydrogen-bond acceptors (Lipinski definition) is 4. The summed E-state index contributed by atoms with van der Waals surface area (Å²) < 4.78 is 5.70. The lowest BCUT2D eigenvalue weighted by molar-refractivity contribution is -0.155. The first-order valence-electron chi connectivity index (χ1n) is 7.77. The third kappa shape index (κ3) is 2.97. The molecule has 0 radical (unpaired) electrons. The van der Waals surface area contributed by atoms with Gasteiger partial charge in [0.05, 0.1) is 6.61 Å². The van der Waals surface area contributed by atoms with Crippen LogP contribution in [0.3, 0.4) is 0 Å². The Morgan fingerprint density at radius 1 is 1.29 bits per heavy atom. The Bertz CT molecular complexity index is 476. The van der Waals surface area contributed by atoms with Crippen molar-refractivity contribution in [2.75, 3.05) is 13.7 Å². The molecule has 4 heteroatoms. The van der Waals surface area contributed by atoms with Crippen LogP contribution in [-0.4, -0.2) is 47.8 Å². The number of carbonyl (C=O) groups excluding carboxylic acids is 1. The first kappa shape index (κ1) is 14.5. The molecule has 1 aromatic rings. The number of piperidine rings is 1. The van der Waals surface area contributed by atoms with E-state index in [2.05, 4.69) is 11.9 Å². The van der Waals surface area contributed by atoms with Crippen LogP contribution in [0.5, 0.6) is 0 Å². The summed E-state index contributed by atoms with van der Waals surface area (Å²) in [5.74, 6) is -0.860. The summed E-state index contributed by atoms with van der Waals surface area (Å²) in [4.78, 5) is 14.8. The number of aliphatic hydroxyl groups excluding tert-OH is 1. The fraction of sp³-hybridized carbons (Fsp3) is 0.588. The van der Waals surface area contributed by atoms with Crippen molar-refractivity contribution in [3.63, 3.8) is 0 Å².